The maximum absolute atomic E-state index is 10.9. The fraction of sp³-hybridized carbons (Fsp3) is 0.933. The summed E-state index contributed by atoms with van der Waals surface area (Å²) in [5.41, 5.74) is 0.0220. The van der Waals surface area contributed by atoms with Gasteiger partial charge in [0.1, 0.15) is 0 Å². The van der Waals surface area contributed by atoms with E-state index in [0.29, 0.717) is 12.1 Å². The summed E-state index contributed by atoms with van der Waals surface area (Å²) in [7, 11) is 0. The molecule has 0 spiro atoms. The molecule has 0 bridgehead atoms. The van der Waals surface area contributed by atoms with E-state index < -0.39 is 5.97 Å². The van der Waals surface area contributed by atoms with Crippen molar-refractivity contribution in [2.75, 3.05) is 6.61 Å². The van der Waals surface area contributed by atoms with Gasteiger partial charge >= 0.3 is 5.97 Å². The molecule has 2 unspecified atom stereocenters. The van der Waals surface area contributed by atoms with Crippen LogP contribution in [0, 0.1) is 5.92 Å². The van der Waals surface area contributed by atoms with Gasteiger partial charge in [-0.2, -0.15) is 0 Å². The van der Waals surface area contributed by atoms with E-state index in [4.69, 9.17) is 9.84 Å². The van der Waals surface area contributed by atoms with E-state index in [1.807, 2.05) is 0 Å². The highest BCUT2D eigenvalue weighted by molar-refractivity contribution is 5.70. The minimum absolute atomic E-state index is 0.0220. The number of carboxylic acids is 1. The lowest BCUT2D eigenvalue weighted by molar-refractivity contribution is -0.142. The second-order valence-electron chi connectivity index (χ2n) is 6.40. The molecule has 4 heteroatoms. The van der Waals surface area contributed by atoms with Gasteiger partial charge in [-0.15, -0.1) is 0 Å². The topological polar surface area (TPSA) is 58.6 Å². The first-order valence-electron chi connectivity index (χ1n) is 7.65. The Balaban J connectivity index is 1.78. The van der Waals surface area contributed by atoms with Crippen LogP contribution in [0.25, 0.3) is 0 Å². The van der Waals surface area contributed by atoms with Crippen LogP contribution >= 0.6 is 0 Å². The van der Waals surface area contributed by atoms with Crippen molar-refractivity contribution in [2.24, 2.45) is 5.92 Å². The first kappa shape index (κ1) is 14.8. The van der Waals surface area contributed by atoms with Crippen LogP contribution in [-0.2, 0) is 9.53 Å². The molecule has 4 nitrogen and oxygen atoms in total. The number of carboxylic acid groups (broad SMARTS) is 1. The number of rotatable bonds is 4. The van der Waals surface area contributed by atoms with Gasteiger partial charge in [-0.05, 0) is 51.9 Å². The number of ether oxygens (including phenoxy) is 1. The number of hydrogen-bond acceptors (Lipinski definition) is 3. The van der Waals surface area contributed by atoms with Gasteiger partial charge in [0.25, 0.3) is 0 Å². The van der Waals surface area contributed by atoms with Gasteiger partial charge in [0.15, 0.2) is 0 Å². The predicted octanol–water partition coefficient (Wildman–Crippen LogP) is 2.57. The Morgan fingerprint density at radius 3 is 2.53 bits per heavy atom. The Morgan fingerprint density at radius 1 is 1.26 bits per heavy atom. The molecule has 1 aliphatic carbocycles. The van der Waals surface area contributed by atoms with Gasteiger partial charge < -0.3 is 15.2 Å². The highest BCUT2D eigenvalue weighted by Gasteiger charge is 2.33. The van der Waals surface area contributed by atoms with Crippen LogP contribution in [0.15, 0.2) is 0 Å². The second-order valence-corrected chi connectivity index (χ2v) is 6.40. The van der Waals surface area contributed by atoms with Crippen molar-refractivity contribution in [1.82, 2.24) is 5.32 Å². The Kier molecular flexibility index (Phi) is 4.85. The van der Waals surface area contributed by atoms with Gasteiger partial charge in [-0.25, -0.2) is 0 Å². The molecule has 1 heterocycles. The smallest absolute Gasteiger partial charge is 0.306 e. The lowest BCUT2D eigenvalue weighted by atomic mass is 9.84. The number of aliphatic carboxylic acids is 1. The number of hydrogen-bond donors (Lipinski definition) is 2. The standard InChI is InChI=1S/C15H27NO3/c1-3-15(2)10-13(8-9-19-15)16-12-6-4-11(5-7-12)14(17)18/h11-13,16H,3-10H2,1-2H3,(H,17,18). The van der Waals surface area contributed by atoms with E-state index in [0.717, 1.165) is 51.6 Å². The average molecular weight is 269 g/mol. The lowest BCUT2D eigenvalue weighted by Gasteiger charge is -2.40. The van der Waals surface area contributed by atoms with Crippen molar-refractivity contribution in [3.8, 4) is 0 Å². The molecule has 0 radical (unpaired) electrons. The molecule has 2 fully saturated rings. The highest BCUT2D eigenvalue weighted by atomic mass is 16.5. The first-order valence-corrected chi connectivity index (χ1v) is 7.65. The summed E-state index contributed by atoms with van der Waals surface area (Å²) < 4.78 is 5.86. The van der Waals surface area contributed by atoms with Crippen molar-refractivity contribution < 1.29 is 14.6 Å². The van der Waals surface area contributed by atoms with Crippen molar-refractivity contribution in [2.45, 2.75) is 76.5 Å². The molecule has 0 aromatic rings. The van der Waals surface area contributed by atoms with Gasteiger partial charge in [-0.1, -0.05) is 6.92 Å². The SMILES string of the molecule is CCC1(C)CC(NC2CCC(C(=O)O)CC2)CCO1. The van der Waals surface area contributed by atoms with E-state index in [1.54, 1.807) is 0 Å². The monoisotopic (exact) mass is 269 g/mol. The van der Waals surface area contributed by atoms with E-state index in [9.17, 15) is 4.79 Å². The average Bonchev–Trinajstić information content (AvgIpc) is 2.39. The molecule has 110 valence electrons. The van der Waals surface area contributed by atoms with Crippen LogP contribution in [0.4, 0.5) is 0 Å². The molecule has 2 aliphatic rings. The third kappa shape index (κ3) is 3.93. The van der Waals surface area contributed by atoms with Crippen molar-refractivity contribution in [3.05, 3.63) is 0 Å². The van der Waals surface area contributed by atoms with E-state index in [2.05, 4.69) is 19.2 Å². The zero-order valence-electron chi connectivity index (χ0n) is 12.2. The molecule has 2 N–H and O–H groups in total. The van der Waals surface area contributed by atoms with Crippen molar-refractivity contribution in [3.63, 3.8) is 0 Å². The minimum atomic E-state index is -0.622. The van der Waals surface area contributed by atoms with Crippen LogP contribution < -0.4 is 5.32 Å². The molecule has 1 saturated heterocycles. The van der Waals surface area contributed by atoms with E-state index in [-0.39, 0.29) is 11.5 Å². The minimum Gasteiger partial charge on any atom is -0.481 e. The first-order chi connectivity index (χ1) is 9.02. The van der Waals surface area contributed by atoms with Gasteiger partial charge in [0, 0.05) is 18.7 Å². The van der Waals surface area contributed by atoms with Gasteiger partial charge in [-0.3, -0.25) is 4.79 Å². The lowest BCUT2D eigenvalue weighted by Crippen LogP contribution is -2.49. The summed E-state index contributed by atoms with van der Waals surface area (Å²) in [4.78, 5) is 10.9. The quantitative estimate of drug-likeness (QED) is 0.823. The van der Waals surface area contributed by atoms with Crippen molar-refractivity contribution >= 4 is 5.97 Å². The van der Waals surface area contributed by atoms with Gasteiger partial charge in [0.05, 0.1) is 11.5 Å². The summed E-state index contributed by atoms with van der Waals surface area (Å²) >= 11 is 0. The summed E-state index contributed by atoms with van der Waals surface area (Å²) in [6, 6.07) is 1.03. The molecular weight excluding hydrogens is 242 g/mol. The van der Waals surface area contributed by atoms with Crippen molar-refractivity contribution in [1.29, 1.82) is 0 Å². The summed E-state index contributed by atoms with van der Waals surface area (Å²) in [6.07, 6.45) is 6.84. The second kappa shape index (κ2) is 6.23. The number of carbonyl (C=O) groups is 1. The van der Waals surface area contributed by atoms with E-state index >= 15 is 0 Å². The highest BCUT2D eigenvalue weighted by Crippen LogP contribution is 2.30. The van der Waals surface area contributed by atoms with Crippen LogP contribution in [-0.4, -0.2) is 35.4 Å². The summed E-state index contributed by atoms with van der Waals surface area (Å²) in [6.45, 7) is 5.22. The molecule has 19 heavy (non-hydrogen) atoms. The Labute approximate surface area is 115 Å². The largest absolute Gasteiger partial charge is 0.481 e. The fourth-order valence-electron chi connectivity index (χ4n) is 3.36. The third-order valence-electron chi connectivity index (χ3n) is 4.89. The number of nitrogens with one attached hydrogen (secondary N) is 1. The molecule has 0 aromatic carbocycles. The molecule has 2 rings (SSSR count). The molecule has 0 aromatic heterocycles. The Hall–Kier alpha value is -0.610. The van der Waals surface area contributed by atoms with Crippen LogP contribution in [0.2, 0.25) is 0 Å². The Morgan fingerprint density at radius 2 is 1.95 bits per heavy atom. The van der Waals surface area contributed by atoms with Crippen LogP contribution in [0.5, 0.6) is 0 Å². The zero-order chi connectivity index (χ0) is 13.9. The molecule has 1 saturated carbocycles. The maximum atomic E-state index is 10.9. The molecule has 0 amide bonds. The van der Waals surface area contributed by atoms with Crippen LogP contribution in [0.3, 0.4) is 0 Å². The normalized spacial score (nSPS) is 40.0. The van der Waals surface area contributed by atoms with Gasteiger partial charge in [0.2, 0.25) is 0 Å². The fourth-order valence-corrected chi connectivity index (χ4v) is 3.36. The molecule has 1 aliphatic heterocycles. The summed E-state index contributed by atoms with van der Waals surface area (Å²) in [5, 5.41) is 12.7. The van der Waals surface area contributed by atoms with E-state index in [1.165, 1.54) is 0 Å². The molecule has 2 atom stereocenters. The molecular formula is C15H27NO3. The summed E-state index contributed by atoms with van der Waals surface area (Å²) in [5.74, 6) is -0.739. The van der Waals surface area contributed by atoms with Crippen LogP contribution in [0.1, 0.15) is 58.8 Å². The third-order valence-corrected chi connectivity index (χ3v) is 4.89. The Bertz CT molecular complexity index is 313. The predicted molar refractivity (Wildman–Crippen MR) is 74.2 cm³/mol. The zero-order valence-corrected chi connectivity index (χ0v) is 12.2. The maximum Gasteiger partial charge on any atom is 0.306 e.